The van der Waals surface area contributed by atoms with Crippen molar-refractivity contribution < 1.29 is 53.5 Å². The Bertz CT molecular complexity index is 1130. The van der Waals surface area contributed by atoms with E-state index in [4.69, 9.17) is 0 Å². The van der Waals surface area contributed by atoms with Gasteiger partial charge in [0.05, 0.1) is 11.1 Å². The number of hydrogen-bond donors (Lipinski definition) is 2. The first-order chi connectivity index (χ1) is 14.9. The molecule has 2 aliphatic heterocycles. The van der Waals surface area contributed by atoms with Crippen molar-refractivity contribution in [1.82, 2.24) is 10.6 Å². The number of carbonyl (C=O) groups is 2. The SMILES string of the molecule is O=C1C2=C(NC1c1c(F)c(F)c(F)c(F)c1F)C(=O)C(c1c(F)c(F)c(F)c(F)c1F)N2. The Morgan fingerprint density at radius 2 is 0.625 bits per heavy atom. The maximum Gasteiger partial charge on any atom is 0.207 e. The second kappa shape index (κ2) is 6.97. The molecule has 14 heteroatoms. The Kier molecular flexibility index (Phi) is 4.71. The van der Waals surface area contributed by atoms with Crippen molar-refractivity contribution in [1.29, 1.82) is 0 Å². The third-order valence-corrected chi connectivity index (χ3v) is 4.91. The summed E-state index contributed by atoms with van der Waals surface area (Å²) in [7, 11) is 0. The molecule has 2 aromatic rings. The van der Waals surface area contributed by atoms with Crippen molar-refractivity contribution in [3.63, 3.8) is 0 Å². The largest absolute Gasteiger partial charge is 0.366 e. The maximum atomic E-state index is 14.0. The average Bonchev–Trinajstić information content (AvgIpc) is 3.25. The number of carbonyl (C=O) groups excluding carboxylic acids is 2. The van der Waals surface area contributed by atoms with Crippen LogP contribution in [0.5, 0.6) is 0 Å². The lowest BCUT2D eigenvalue weighted by Crippen LogP contribution is -2.34. The maximum absolute atomic E-state index is 14.0. The smallest absolute Gasteiger partial charge is 0.207 e. The van der Waals surface area contributed by atoms with Crippen LogP contribution >= 0.6 is 0 Å². The highest BCUT2D eigenvalue weighted by Gasteiger charge is 2.49. The zero-order valence-electron chi connectivity index (χ0n) is 14.8. The lowest BCUT2D eigenvalue weighted by Gasteiger charge is -2.20. The van der Waals surface area contributed by atoms with E-state index in [2.05, 4.69) is 0 Å². The summed E-state index contributed by atoms with van der Waals surface area (Å²) in [6, 6.07) is -4.61. The van der Waals surface area contributed by atoms with Gasteiger partial charge < -0.3 is 10.6 Å². The first-order valence-electron chi connectivity index (χ1n) is 8.28. The van der Waals surface area contributed by atoms with Gasteiger partial charge in [-0.3, -0.25) is 9.59 Å². The van der Waals surface area contributed by atoms with Gasteiger partial charge >= 0.3 is 0 Å². The number of halogens is 10. The molecule has 0 amide bonds. The number of hydrogen-bond acceptors (Lipinski definition) is 4. The van der Waals surface area contributed by atoms with E-state index in [1.807, 2.05) is 10.6 Å². The highest BCUT2D eigenvalue weighted by Crippen LogP contribution is 2.39. The Hall–Kier alpha value is -3.58. The number of rotatable bonds is 2. The summed E-state index contributed by atoms with van der Waals surface area (Å²) < 4.78 is 136. The molecule has 2 heterocycles. The van der Waals surface area contributed by atoms with Gasteiger partial charge in [0.1, 0.15) is 23.5 Å². The molecule has 0 aliphatic carbocycles. The number of nitrogens with one attached hydrogen (secondary N) is 2. The van der Waals surface area contributed by atoms with Gasteiger partial charge in [-0.1, -0.05) is 0 Å². The Morgan fingerprint density at radius 3 is 0.875 bits per heavy atom. The summed E-state index contributed by atoms with van der Waals surface area (Å²) in [5, 5.41) is 3.76. The summed E-state index contributed by atoms with van der Waals surface area (Å²) in [4.78, 5) is 25.0. The van der Waals surface area contributed by atoms with Gasteiger partial charge in [-0.2, -0.15) is 0 Å². The molecule has 168 valence electrons. The summed E-state index contributed by atoms with van der Waals surface area (Å²) in [5.74, 6) is -27.0. The van der Waals surface area contributed by atoms with E-state index in [1.54, 1.807) is 0 Å². The quantitative estimate of drug-likeness (QED) is 0.402. The second-order valence-corrected chi connectivity index (χ2v) is 6.60. The van der Waals surface area contributed by atoms with Gasteiger partial charge in [-0.15, -0.1) is 0 Å². The van der Waals surface area contributed by atoms with Gasteiger partial charge in [-0.25, -0.2) is 43.9 Å². The molecule has 2 aliphatic rings. The molecule has 0 fully saturated rings. The number of ketones is 2. The lowest BCUT2D eigenvalue weighted by molar-refractivity contribution is -0.118. The van der Waals surface area contributed by atoms with Crippen LogP contribution in [-0.4, -0.2) is 11.6 Å². The number of Topliss-reactive ketones (excluding diaryl/α,β-unsaturated/α-hetero) is 2. The Labute approximate surface area is 169 Å². The Morgan fingerprint density at radius 1 is 0.406 bits per heavy atom. The van der Waals surface area contributed by atoms with Crippen molar-refractivity contribution in [2.45, 2.75) is 12.1 Å². The minimum atomic E-state index is -2.50. The first-order valence-corrected chi connectivity index (χ1v) is 8.28. The summed E-state index contributed by atoms with van der Waals surface area (Å²) in [5.41, 5.74) is -5.08. The zero-order valence-corrected chi connectivity index (χ0v) is 14.8. The fourth-order valence-electron chi connectivity index (χ4n) is 3.40. The van der Waals surface area contributed by atoms with Crippen LogP contribution in [0.1, 0.15) is 23.2 Å². The van der Waals surface area contributed by atoms with Gasteiger partial charge in [0.15, 0.2) is 46.5 Å². The van der Waals surface area contributed by atoms with E-state index in [9.17, 15) is 53.5 Å². The van der Waals surface area contributed by atoms with E-state index in [1.165, 1.54) is 0 Å². The van der Waals surface area contributed by atoms with Crippen LogP contribution in [0.4, 0.5) is 43.9 Å². The molecule has 0 aromatic heterocycles. The van der Waals surface area contributed by atoms with E-state index in [-0.39, 0.29) is 0 Å². The van der Waals surface area contributed by atoms with Crippen LogP contribution in [0.15, 0.2) is 11.4 Å². The average molecular weight is 470 g/mol. The molecule has 4 nitrogen and oxygen atoms in total. The predicted molar refractivity (Wildman–Crippen MR) is 81.3 cm³/mol. The first kappa shape index (κ1) is 21.6. The molecular weight excluding hydrogens is 466 g/mol. The molecular formula is C18H4F10N2O2. The van der Waals surface area contributed by atoms with Crippen LogP contribution in [0.25, 0.3) is 0 Å². The number of benzene rings is 2. The zero-order chi connectivity index (χ0) is 23.8. The molecule has 2 atom stereocenters. The van der Waals surface area contributed by atoms with Crippen molar-refractivity contribution in [3.8, 4) is 0 Å². The predicted octanol–water partition coefficient (Wildman–Crippen LogP) is 3.42. The third-order valence-electron chi connectivity index (χ3n) is 4.91. The summed E-state index contributed by atoms with van der Waals surface area (Å²) in [6.45, 7) is 0. The minimum Gasteiger partial charge on any atom is -0.366 e. The van der Waals surface area contributed by atoms with Gasteiger partial charge in [-0.05, 0) is 0 Å². The third kappa shape index (κ3) is 2.64. The molecule has 4 rings (SSSR count). The fraction of sp³-hybridized carbons (Fsp3) is 0.111. The second-order valence-electron chi connectivity index (χ2n) is 6.60. The highest BCUT2D eigenvalue weighted by molar-refractivity contribution is 6.16. The molecule has 0 bridgehead atoms. The van der Waals surface area contributed by atoms with Crippen molar-refractivity contribution in [2.75, 3.05) is 0 Å². The topological polar surface area (TPSA) is 58.2 Å². The lowest BCUT2D eigenvalue weighted by atomic mass is 9.99. The highest BCUT2D eigenvalue weighted by atomic mass is 19.2. The van der Waals surface area contributed by atoms with Gasteiger partial charge in [0, 0.05) is 0 Å². The van der Waals surface area contributed by atoms with E-state index >= 15 is 0 Å². The van der Waals surface area contributed by atoms with E-state index < -0.39 is 104 Å². The fourth-order valence-corrected chi connectivity index (χ4v) is 3.40. The van der Waals surface area contributed by atoms with Crippen LogP contribution < -0.4 is 10.6 Å². The Balaban J connectivity index is 1.74. The molecule has 0 saturated carbocycles. The summed E-state index contributed by atoms with van der Waals surface area (Å²) in [6.07, 6.45) is 0. The monoisotopic (exact) mass is 470 g/mol. The standard InChI is InChI=1S/C18H4F10N2O2/c19-3-1(4(20)8(24)11(27)7(3)23)13-17(31)15-16(29-13)18(32)14(30-15)2-5(21)9(25)12(28)10(26)6(2)22/h13-14,29-30H. The van der Waals surface area contributed by atoms with Crippen LogP contribution in [0, 0.1) is 58.2 Å². The molecule has 2 aromatic carbocycles. The molecule has 2 unspecified atom stereocenters. The van der Waals surface area contributed by atoms with Gasteiger partial charge in [0.2, 0.25) is 23.2 Å². The normalized spacial score (nSPS) is 20.1. The molecule has 0 radical (unpaired) electrons. The molecule has 32 heavy (non-hydrogen) atoms. The van der Waals surface area contributed by atoms with Crippen LogP contribution in [0.2, 0.25) is 0 Å². The van der Waals surface area contributed by atoms with E-state index in [0.717, 1.165) is 0 Å². The molecule has 0 spiro atoms. The van der Waals surface area contributed by atoms with Crippen molar-refractivity contribution >= 4 is 11.6 Å². The van der Waals surface area contributed by atoms with Gasteiger partial charge in [0.25, 0.3) is 0 Å². The summed E-state index contributed by atoms with van der Waals surface area (Å²) >= 11 is 0. The molecule has 2 N–H and O–H groups in total. The van der Waals surface area contributed by atoms with Crippen LogP contribution in [-0.2, 0) is 9.59 Å². The van der Waals surface area contributed by atoms with E-state index in [0.29, 0.717) is 0 Å². The van der Waals surface area contributed by atoms with Crippen molar-refractivity contribution in [3.05, 3.63) is 80.7 Å². The van der Waals surface area contributed by atoms with Crippen molar-refractivity contribution in [2.24, 2.45) is 0 Å². The minimum absolute atomic E-state index is 0.905. The molecule has 0 saturated heterocycles. The van der Waals surface area contributed by atoms with Crippen LogP contribution in [0.3, 0.4) is 0 Å².